The number of nitrogens with zero attached hydrogens (tertiary/aromatic N) is 10. The molecule has 0 spiro atoms. The number of hydrogen-bond donors (Lipinski definition) is 1. The molecule has 4 aromatic rings. The van der Waals surface area contributed by atoms with Crippen molar-refractivity contribution in [2.24, 2.45) is 10.2 Å². The summed E-state index contributed by atoms with van der Waals surface area (Å²) in [7, 11) is 0. The van der Waals surface area contributed by atoms with Crippen molar-refractivity contribution in [3.05, 3.63) is 41.2 Å². The fraction of sp³-hybridized carbons (Fsp3) is 0.333. The molecule has 0 aliphatic carbocycles. The van der Waals surface area contributed by atoms with Crippen LogP contribution in [0.25, 0.3) is 11.6 Å². The summed E-state index contributed by atoms with van der Waals surface area (Å²) in [5.41, 5.74) is 2.52. The molecule has 0 bridgehead atoms. The molecule has 0 saturated heterocycles. The van der Waals surface area contributed by atoms with E-state index in [1.54, 1.807) is 36.9 Å². The molecular weight excluding hydrogens is 370 g/mol. The molecule has 0 aliphatic rings. The molecule has 11 nitrogen and oxygen atoms in total. The summed E-state index contributed by atoms with van der Waals surface area (Å²) in [5, 5.41) is 30.3. The van der Waals surface area contributed by atoms with Crippen LogP contribution in [0.5, 0.6) is 0 Å². The van der Waals surface area contributed by atoms with Crippen molar-refractivity contribution in [3.8, 4) is 12.0 Å². The average Bonchev–Trinajstić information content (AvgIpc) is 3.30. The minimum atomic E-state index is -0.249. The average molecular weight is 389 g/mol. The Morgan fingerprint density at radius 2 is 1.83 bits per heavy atom. The van der Waals surface area contributed by atoms with Gasteiger partial charge in [-0.15, -0.1) is 15.3 Å². The van der Waals surface area contributed by atoms with Gasteiger partial charge in [0.15, 0.2) is 11.5 Å². The fourth-order valence-electron chi connectivity index (χ4n) is 2.91. The van der Waals surface area contributed by atoms with E-state index in [4.69, 9.17) is 0 Å². The normalized spacial score (nSPS) is 12.1. The highest BCUT2D eigenvalue weighted by Gasteiger charge is 2.26. The van der Waals surface area contributed by atoms with E-state index in [-0.39, 0.29) is 11.2 Å². The maximum Gasteiger partial charge on any atom is 0.252 e. The zero-order valence-corrected chi connectivity index (χ0v) is 16.7. The Bertz CT molecular complexity index is 1260. The number of aromatic nitrogens is 8. The van der Waals surface area contributed by atoms with Gasteiger partial charge in [-0.1, -0.05) is 20.8 Å². The lowest BCUT2D eigenvalue weighted by molar-refractivity contribution is 0.557. The van der Waals surface area contributed by atoms with Crippen molar-refractivity contribution in [2.75, 3.05) is 0 Å². The Hall–Kier alpha value is -3.94. The van der Waals surface area contributed by atoms with Gasteiger partial charge in [-0.25, -0.2) is 15.0 Å². The van der Waals surface area contributed by atoms with Crippen LogP contribution in [-0.2, 0) is 5.41 Å². The Morgan fingerprint density at radius 1 is 1.10 bits per heavy atom. The van der Waals surface area contributed by atoms with E-state index in [2.05, 4.69) is 67.3 Å². The van der Waals surface area contributed by atoms with Gasteiger partial charge in [0.25, 0.3) is 5.95 Å². The summed E-state index contributed by atoms with van der Waals surface area (Å²) < 4.78 is 2.99. The molecule has 0 saturated carbocycles. The molecule has 4 aromatic heterocycles. The maximum absolute atomic E-state index is 9.60. The van der Waals surface area contributed by atoms with Gasteiger partial charge < -0.3 is 0 Å². The molecule has 4 rings (SSSR count). The van der Waals surface area contributed by atoms with Crippen LogP contribution < -0.4 is 0 Å². The number of rotatable bonds is 3. The first-order valence-corrected chi connectivity index (χ1v) is 8.94. The van der Waals surface area contributed by atoms with Crippen molar-refractivity contribution in [1.82, 2.24) is 39.6 Å². The number of aromatic amines is 1. The molecule has 11 heteroatoms. The first kappa shape index (κ1) is 18.4. The highest BCUT2D eigenvalue weighted by Crippen LogP contribution is 2.35. The number of hydrogen-bond acceptors (Lipinski definition) is 8. The van der Waals surface area contributed by atoms with Crippen molar-refractivity contribution in [3.63, 3.8) is 0 Å². The van der Waals surface area contributed by atoms with Gasteiger partial charge in [0.05, 0.1) is 11.4 Å². The van der Waals surface area contributed by atoms with Crippen molar-refractivity contribution in [2.45, 2.75) is 40.0 Å². The molecule has 0 unspecified atom stereocenters. The Morgan fingerprint density at radius 3 is 2.48 bits per heavy atom. The van der Waals surface area contributed by atoms with Gasteiger partial charge in [0, 0.05) is 17.8 Å². The first-order valence-electron chi connectivity index (χ1n) is 8.94. The SMILES string of the molecule is Cc1nc2c(N=Nc3c(C#N)c(C)nn3-c3ncccn3)c(C(C)(C)C)[nH]n2n1. The van der Waals surface area contributed by atoms with Crippen LogP contribution in [0.4, 0.5) is 11.5 Å². The highest BCUT2D eigenvalue weighted by molar-refractivity contribution is 5.68. The summed E-state index contributed by atoms with van der Waals surface area (Å²) in [5.74, 6) is 1.18. The standard InChI is InChI=1S/C18H19N11/c1-10-12(9-19)15(28(25-10)17-20-7-6-8-21-17)24-23-13-14(18(3,4)5)27-29-16(13)22-11(2)26-29/h6-8,27H,1-5H3. The van der Waals surface area contributed by atoms with Gasteiger partial charge in [-0.2, -0.15) is 19.7 Å². The van der Waals surface area contributed by atoms with Crippen LogP contribution in [0.15, 0.2) is 28.7 Å². The van der Waals surface area contributed by atoms with Crippen LogP contribution in [0, 0.1) is 25.2 Å². The minimum Gasteiger partial charge on any atom is -0.277 e. The van der Waals surface area contributed by atoms with E-state index in [1.165, 1.54) is 4.68 Å². The predicted octanol–water partition coefficient (Wildman–Crippen LogP) is 3.23. The number of aryl methyl sites for hydroxylation is 2. The third kappa shape index (κ3) is 3.14. The molecule has 0 aliphatic heterocycles. The van der Waals surface area contributed by atoms with E-state index >= 15 is 0 Å². The van der Waals surface area contributed by atoms with Crippen LogP contribution in [0.1, 0.15) is 43.5 Å². The number of nitrogens with one attached hydrogen (secondary N) is 1. The van der Waals surface area contributed by atoms with Gasteiger partial charge in [-0.05, 0) is 19.9 Å². The molecule has 0 radical (unpaired) electrons. The molecular formula is C18H19N11. The molecule has 0 fully saturated rings. The lowest BCUT2D eigenvalue weighted by Gasteiger charge is -2.16. The van der Waals surface area contributed by atoms with Crippen LogP contribution in [0.2, 0.25) is 0 Å². The third-order valence-electron chi connectivity index (χ3n) is 4.26. The second-order valence-corrected chi connectivity index (χ2v) is 7.54. The minimum absolute atomic E-state index is 0.249. The maximum atomic E-state index is 9.60. The molecule has 0 amide bonds. The molecule has 1 N–H and O–H groups in total. The molecule has 29 heavy (non-hydrogen) atoms. The van der Waals surface area contributed by atoms with E-state index in [1.807, 2.05) is 0 Å². The van der Waals surface area contributed by atoms with Crippen molar-refractivity contribution >= 4 is 17.2 Å². The van der Waals surface area contributed by atoms with Crippen molar-refractivity contribution < 1.29 is 0 Å². The molecule has 0 atom stereocenters. The van der Waals surface area contributed by atoms with E-state index in [9.17, 15) is 5.26 Å². The largest absolute Gasteiger partial charge is 0.277 e. The number of fused-ring (bicyclic) bond motifs is 1. The number of azo groups is 1. The number of H-pyrrole nitrogens is 1. The van der Waals surface area contributed by atoms with Crippen LogP contribution in [-0.4, -0.2) is 39.6 Å². The molecule has 4 heterocycles. The molecule has 146 valence electrons. The zero-order chi connectivity index (χ0) is 20.8. The second kappa shape index (κ2) is 6.59. The van der Waals surface area contributed by atoms with Gasteiger partial charge in [-0.3, -0.25) is 5.10 Å². The number of nitriles is 1. The lowest BCUT2D eigenvalue weighted by atomic mass is 9.91. The monoisotopic (exact) mass is 389 g/mol. The van der Waals surface area contributed by atoms with Gasteiger partial charge in [0.2, 0.25) is 5.65 Å². The predicted molar refractivity (Wildman–Crippen MR) is 104 cm³/mol. The van der Waals surface area contributed by atoms with E-state index in [0.29, 0.717) is 34.4 Å². The Labute approximate surface area is 166 Å². The van der Waals surface area contributed by atoms with Gasteiger partial charge >= 0.3 is 0 Å². The van der Waals surface area contributed by atoms with E-state index < -0.39 is 0 Å². The molecule has 0 aromatic carbocycles. The Balaban J connectivity index is 1.91. The highest BCUT2D eigenvalue weighted by atomic mass is 15.5. The Kier molecular flexibility index (Phi) is 4.19. The zero-order valence-electron chi connectivity index (χ0n) is 16.7. The van der Waals surface area contributed by atoms with Crippen LogP contribution >= 0.6 is 0 Å². The third-order valence-corrected chi connectivity index (χ3v) is 4.26. The summed E-state index contributed by atoms with van der Waals surface area (Å²) in [4.78, 5) is 12.8. The smallest absolute Gasteiger partial charge is 0.252 e. The quantitative estimate of drug-likeness (QED) is 0.534. The van der Waals surface area contributed by atoms with Crippen molar-refractivity contribution in [1.29, 1.82) is 5.26 Å². The van der Waals surface area contributed by atoms with Crippen LogP contribution in [0.3, 0.4) is 0 Å². The fourth-order valence-corrected chi connectivity index (χ4v) is 2.91. The first-order chi connectivity index (χ1) is 13.8. The van der Waals surface area contributed by atoms with Gasteiger partial charge in [0.1, 0.15) is 17.5 Å². The lowest BCUT2D eigenvalue weighted by Crippen LogP contribution is -2.12. The summed E-state index contributed by atoms with van der Waals surface area (Å²) in [6.07, 6.45) is 3.19. The topological polar surface area (TPSA) is 138 Å². The summed E-state index contributed by atoms with van der Waals surface area (Å²) in [6, 6.07) is 3.84. The summed E-state index contributed by atoms with van der Waals surface area (Å²) >= 11 is 0. The van der Waals surface area contributed by atoms with E-state index in [0.717, 1.165) is 5.69 Å². The second-order valence-electron chi connectivity index (χ2n) is 7.54. The summed E-state index contributed by atoms with van der Waals surface area (Å²) in [6.45, 7) is 9.69.